The minimum Gasteiger partial charge on any atom is -0.399 e. The molecule has 0 saturated carbocycles. The van der Waals surface area contributed by atoms with Crippen molar-refractivity contribution >= 4 is 5.69 Å². The van der Waals surface area contributed by atoms with Crippen LogP contribution in [0, 0.1) is 0 Å². The van der Waals surface area contributed by atoms with Crippen LogP contribution in [0.25, 0.3) is 0 Å². The first-order chi connectivity index (χ1) is 7.58. The van der Waals surface area contributed by atoms with Crippen molar-refractivity contribution in [1.82, 2.24) is 4.90 Å². The van der Waals surface area contributed by atoms with Gasteiger partial charge in [-0.3, -0.25) is 4.90 Å². The van der Waals surface area contributed by atoms with Crippen molar-refractivity contribution in [2.24, 2.45) is 0 Å². The van der Waals surface area contributed by atoms with Crippen LogP contribution >= 0.6 is 0 Å². The maximum Gasteiger partial charge on any atom is 0.0314 e. The first-order valence-corrected chi connectivity index (χ1v) is 6.17. The van der Waals surface area contributed by atoms with E-state index in [2.05, 4.69) is 30.9 Å². The number of rotatable bonds is 3. The molecular formula is C14H22N2. The second kappa shape index (κ2) is 4.46. The molecule has 1 aliphatic rings. The molecule has 0 amide bonds. The highest BCUT2D eigenvalue weighted by Gasteiger charge is 2.30. The third-order valence-electron chi connectivity index (χ3n) is 3.72. The lowest BCUT2D eigenvalue weighted by atomic mass is 10.0. The highest BCUT2D eigenvalue weighted by atomic mass is 15.2. The molecule has 88 valence electrons. The zero-order valence-electron chi connectivity index (χ0n) is 10.4. The van der Waals surface area contributed by atoms with Crippen LogP contribution in [0.3, 0.4) is 0 Å². The minimum absolute atomic E-state index is 0.397. The molecule has 2 heteroatoms. The molecule has 2 nitrogen and oxygen atoms in total. The summed E-state index contributed by atoms with van der Waals surface area (Å²) >= 11 is 0. The Kier molecular flexibility index (Phi) is 3.20. The number of nitrogens with two attached hydrogens (primary N) is 1. The number of hydrogen-bond acceptors (Lipinski definition) is 2. The van der Waals surface area contributed by atoms with Crippen molar-refractivity contribution in [3.8, 4) is 0 Å². The van der Waals surface area contributed by atoms with Gasteiger partial charge >= 0.3 is 0 Å². The third-order valence-corrected chi connectivity index (χ3v) is 3.72. The van der Waals surface area contributed by atoms with Crippen LogP contribution in [0.15, 0.2) is 24.3 Å². The van der Waals surface area contributed by atoms with E-state index < -0.39 is 0 Å². The molecule has 16 heavy (non-hydrogen) atoms. The molecule has 1 heterocycles. The number of benzene rings is 1. The molecule has 1 aliphatic heterocycles. The van der Waals surface area contributed by atoms with Crippen molar-refractivity contribution in [2.45, 2.75) is 38.6 Å². The molecule has 1 fully saturated rings. The molecule has 2 N–H and O–H groups in total. The van der Waals surface area contributed by atoms with E-state index in [1.54, 1.807) is 0 Å². The van der Waals surface area contributed by atoms with Crippen LogP contribution in [-0.4, -0.2) is 23.5 Å². The Labute approximate surface area is 98.4 Å². The number of likely N-dealkylation sites (tertiary alicyclic amines) is 1. The van der Waals surface area contributed by atoms with E-state index in [0.29, 0.717) is 5.54 Å². The summed E-state index contributed by atoms with van der Waals surface area (Å²) in [5.74, 6) is 0. The van der Waals surface area contributed by atoms with E-state index >= 15 is 0 Å². The predicted molar refractivity (Wildman–Crippen MR) is 69.4 cm³/mol. The van der Waals surface area contributed by atoms with Crippen LogP contribution in [-0.2, 0) is 6.42 Å². The zero-order valence-corrected chi connectivity index (χ0v) is 10.4. The van der Waals surface area contributed by atoms with E-state index in [1.807, 2.05) is 12.1 Å². The van der Waals surface area contributed by atoms with Gasteiger partial charge < -0.3 is 5.73 Å². The SMILES string of the molecule is CC1(C)CCCN1CCc1ccc(N)cc1. The first-order valence-electron chi connectivity index (χ1n) is 6.17. The van der Waals surface area contributed by atoms with E-state index in [0.717, 1.165) is 18.7 Å². The Morgan fingerprint density at radius 3 is 2.50 bits per heavy atom. The highest BCUT2D eigenvalue weighted by Crippen LogP contribution is 2.28. The van der Waals surface area contributed by atoms with Gasteiger partial charge in [-0.25, -0.2) is 0 Å². The summed E-state index contributed by atoms with van der Waals surface area (Å²) in [6.45, 7) is 7.12. The van der Waals surface area contributed by atoms with Gasteiger partial charge in [0.05, 0.1) is 0 Å². The Morgan fingerprint density at radius 1 is 1.25 bits per heavy atom. The zero-order chi connectivity index (χ0) is 11.6. The van der Waals surface area contributed by atoms with E-state index in [4.69, 9.17) is 5.73 Å². The van der Waals surface area contributed by atoms with Crippen LogP contribution < -0.4 is 5.73 Å². The summed E-state index contributed by atoms with van der Waals surface area (Å²) in [4.78, 5) is 2.60. The maximum atomic E-state index is 5.68. The van der Waals surface area contributed by atoms with Gasteiger partial charge in [-0.15, -0.1) is 0 Å². The summed E-state index contributed by atoms with van der Waals surface area (Å²) in [6.07, 6.45) is 3.80. The molecule has 1 saturated heterocycles. The topological polar surface area (TPSA) is 29.3 Å². The molecule has 2 rings (SSSR count). The van der Waals surface area contributed by atoms with E-state index in [-0.39, 0.29) is 0 Å². The summed E-state index contributed by atoms with van der Waals surface area (Å²) in [6, 6.07) is 8.26. The van der Waals surface area contributed by atoms with Gasteiger partial charge in [0.15, 0.2) is 0 Å². The van der Waals surface area contributed by atoms with E-state index in [9.17, 15) is 0 Å². The van der Waals surface area contributed by atoms with Gasteiger partial charge in [-0.05, 0) is 57.4 Å². The van der Waals surface area contributed by atoms with Crippen molar-refractivity contribution in [3.63, 3.8) is 0 Å². The fourth-order valence-corrected chi connectivity index (χ4v) is 2.53. The summed E-state index contributed by atoms with van der Waals surface area (Å²) in [7, 11) is 0. The van der Waals surface area contributed by atoms with Crippen LogP contribution in [0.4, 0.5) is 5.69 Å². The second-order valence-electron chi connectivity index (χ2n) is 5.39. The molecule has 0 bridgehead atoms. The lowest BCUT2D eigenvalue weighted by molar-refractivity contribution is 0.177. The summed E-state index contributed by atoms with van der Waals surface area (Å²) in [5, 5.41) is 0. The predicted octanol–water partition coefficient (Wildman–Crippen LogP) is 2.69. The largest absolute Gasteiger partial charge is 0.399 e. The van der Waals surface area contributed by atoms with Crippen LogP contribution in [0.1, 0.15) is 32.3 Å². The lowest BCUT2D eigenvalue weighted by Gasteiger charge is -2.31. The van der Waals surface area contributed by atoms with Gasteiger partial charge in [-0.2, -0.15) is 0 Å². The van der Waals surface area contributed by atoms with Gasteiger partial charge in [0.2, 0.25) is 0 Å². The molecule has 0 unspecified atom stereocenters. The minimum atomic E-state index is 0.397. The third kappa shape index (κ3) is 2.56. The first kappa shape index (κ1) is 11.5. The highest BCUT2D eigenvalue weighted by molar-refractivity contribution is 5.39. The number of hydrogen-bond donors (Lipinski definition) is 1. The molecule has 0 radical (unpaired) electrons. The summed E-state index contributed by atoms with van der Waals surface area (Å²) < 4.78 is 0. The lowest BCUT2D eigenvalue weighted by Crippen LogP contribution is -2.39. The number of anilines is 1. The van der Waals surface area contributed by atoms with Crippen LogP contribution in [0.2, 0.25) is 0 Å². The molecule has 0 spiro atoms. The Hall–Kier alpha value is -1.02. The van der Waals surface area contributed by atoms with Gasteiger partial charge in [0.25, 0.3) is 0 Å². The monoisotopic (exact) mass is 218 g/mol. The van der Waals surface area contributed by atoms with E-state index in [1.165, 1.54) is 24.9 Å². The number of nitrogens with zero attached hydrogens (tertiary/aromatic N) is 1. The number of nitrogen functional groups attached to an aromatic ring is 1. The standard InChI is InChI=1S/C14H22N2/c1-14(2)9-3-10-16(14)11-8-12-4-6-13(15)7-5-12/h4-7H,3,8-11,15H2,1-2H3. The van der Waals surface area contributed by atoms with Crippen molar-refractivity contribution in [1.29, 1.82) is 0 Å². The molecule has 1 aromatic carbocycles. The average molecular weight is 218 g/mol. The van der Waals surface area contributed by atoms with Crippen molar-refractivity contribution < 1.29 is 0 Å². The normalized spacial score (nSPS) is 20.1. The summed E-state index contributed by atoms with van der Waals surface area (Å²) in [5.41, 5.74) is 8.31. The van der Waals surface area contributed by atoms with Gasteiger partial charge in [-0.1, -0.05) is 12.1 Å². The Morgan fingerprint density at radius 2 is 1.94 bits per heavy atom. The Bertz CT molecular complexity index is 340. The molecule has 0 aliphatic carbocycles. The van der Waals surface area contributed by atoms with Gasteiger partial charge in [0, 0.05) is 17.8 Å². The Balaban J connectivity index is 1.90. The molecule has 0 aromatic heterocycles. The van der Waals surface area contributed by atoms with Crippen LogP contribution in [0.5, 0.6) is 0 Å². The smallest absolute Gasteiger partial charge is 0.0314 e. The molecule has 0 atom stereocenters. The quantitative estimate of drug-likeness (QED) is 0.790. The van der Waals surface area contributed by atoms with Crippen molar-refractivity contribution in [2.75, 3.05) is 18.8 Å². The van der Waals surface area contributed by atoms with Gasteiger partial charge in [0.1, 0.15) is 0 Å². The van der Waals surface area contributed by atoms with Crippen molar-refractivity contribution in [3.05, 3.63) is 29.8 Å². The molecular weight excluding hydrogens is 196 g/mol. The maximum absolute atomic E-state index is 5.68. The fourth-order valence-electron chi connectivity index (χ4n) is 2.53. The average Bonchev–Trinajstić information content (AvgIpc) is 2.57. The second-order valence-corrected chi connectivity index (χ2v) is 5.39. The molecule has 1 aromatic rings. The fraction of sp³-hybridized carbons (Fsp3) is 0.571.